The normalized spacial score (nSPS) is 11.4. The maximum absolute atomic E-state index is 8.89. The second-order valence-corrected chi connectivity index (χ2v) is 4.64. The van der Waals surface area contributed by atoms with Crippen molar-refractivity contribution >= 4 is 5.71 Å². The number of hydrogen-bond donors (Lipinski definition) is 1. The molecule has 0 unspecified atom stereocenters. The van der Waals surface area contributed by atoms with Crippen LogP contribution in [0, 0.1) is 6.92 Å². The molecule has 2 aromatic carbocycles. The zero-order chi connectivity index (χ0) is 14.4. The predicted octanol–water partition coefficient (Wildman–Crippen LogP) is 4.16. The molecule has 0 amide bonds. The molecule has 2 aromatic rings. The van der Waals surface area contributed by atoms with Gasteiger partial charge in [-0.25, -0.2) is 0 Å². The third-order valence-electron chi connectivity index (χ3n) is 3.30. The number of ether oxygens (including phenoxy) is 1. The standard InChI is InChI=1S/C17H19NO2/c1-3-17(18-19)14-8-10-16(11-9-14)20-12-15-7-5-4-6-13(15)2/h4-11,19H,3,12H2,1-2H3/b18-17+. The third kappa shape index (κ3) is 3.38. The highest BCUT2D eigenvalue weighted by Crippen LogP contribution is 2.16. The van der Waals surface area contributed by atoms with Gasteiger partial charge in [-0.05, 0) is 54.3 Å². The first-order chi connectivity index (χ1) is 9.74. The van der Waals surface area contributed by atoms with Gasteiger partial charge in [-0.15, -0.1) is 0 Å². The highest BCUT2D eigenvalue weighted by molar-refractivity contribution is 6.00. The molecule has 2 rings (SSSR count). The Bertz CT molecular complexity index is 588. The molecule has 0 fully saturated rings. The van der Waals surface area contributed by atoms with Crippen molar-refractivity contribution in [2.45, 2.75) is 26.9 Å². The van der Waals surface area contributed by atoms with Gasteiger partial charge in [-0.2, -0.15) is 0 Å². The van der Waals surface area contributed by atoms with Crippen molar-refractivity contribution < 1.29 is 9.94 Å². The molecule has 0 heterocycles. The van der Waals surface area contributed by atoms with Gasteiger partial charge in [0.05, 0.1) is 5.71 Å². The van der Waals surface area contributed by atoms with Crippen LogP contribution in [0.2, 0.25) is 0 Å². The van der Waals surface area contributed by atoms with Crippen molar-refractivity contribution in [2.24, 2.45) is 5.16 Å². The molecule has 0 saturated heterocycles. The number of rotatable bonds is 5. The third-order valence-corrected chi connectivity index (χ3v) is 3.30. The Morgan fingerprint density at radius 3 is 2.40 bits per heavy atom. The summed E-state index contributed by atoms with van der Waals surface area (Å²) in [5.41, 5.74) is 4.00. The molecule has 20 heavy (non-hydrogen) atoms. The minimum atomic E-state index is 0.556. The molecule has 0 spiro atoms. The molecule has 0 saturated carbocycles. The Morgan fingerprint density at radius 2 is 1.80 bits per heavy atom. The number of aryl methyl sites for hydroxylation is 1. The fourth-order valence-electron chi connectivity index (χ4n) is 2.01. The molecule has 3 nitrogen and oxygen atoms in total. The maximum Gasteiger partial charge on any atom is 0.119 e. The van der Waals surface area contributed by atoms with Crippen LogP contribution in [0.15, 0.2) is 53.7 Å². The SMILES string of the molecule is CC/C(=N\O)c1ccc(OCc2ccccc2C)cc1. The first-order valence-corrected chi connectivity index (χ1v) is 6.73. The topological polar surface area (TPSA) is 41.8 Å². The molecule has 3 heteroatoms. The summed E-state index contributed by atoms with van der Waals surface area (Å²) in [6.07, 6.45) is 0.694. The average molecular weight is 269 g/mol. The van der Waals surface area contributed by atoms with Crippen molar-refractivity contribution in [1.82, 2.24) is 0 Å². The van der Waals surface area contributed by atoms with Crippen molar-refractivity contribution in [1.29, 1.82) is 0 Å². The molecule has 0 radical (unpaired) electrons. The monoisotopic (exact) mass is 269 g/mol. The fraction of sp³-hybridized carbons (Fsp3) is 0.235. The number of hydrogen-bond acceptors (Lipinski definition) is 3. The van der Waals surface area contributed by atoms with Gasteiger partial charge in [0, 0.05) is 0 Å². The molecule has 0 bridgehead atoms. The Morgan fingerprint density at radius 1 is 1.10 bits per heavy atom. The largest absolute Gasteiger partial charge is 0.489 e. The van der Waals surface area contributed by atoms with Gasteiger partial charge in [0.1, 0.15) is 12.4 Å². The lowest BCUT2D eigenvalue weighted by atomic mass is 10.1. The summed E-state index contributed by atoms with van der Waals surface area (Å²) in [6.45, 7) is 4.59. The minimum absolute atomic E-state index is 0.556. The Kier molecular flexibility index (Phi) is 4.77. The second kappa shape index (κ2) is 6.75. The quantitative estimate of drug-likeness (QED) is 0.503. The van der Waals surface area contributed by atoms with E-state index in [9.17, 15) is 0 Å². The van der Waals surface area contributed by atoms with Gasteiger partial charge >= 0.3 is 0 Å². The number of benzene rings is 2. The van der Waals surface area contributed by atoms with Crippen LogP contribution >= 0.6 is 0 Å². The van der Waals surface area contributed by atoms with Crippen molar-refractivity contribution in [2.75, 3.05) is 0 Å². The Labute approximate surface area is 119 Å². The van der Waals surface area contributed by atoms with Crippen LogP contribution in [0.3, 0.4) is 0 Å². The Balaban J connectivity index is 2.03. The van der Waals surface area contributed by atoms with E-state index in [1.165, 1.54) is 11.1 Å². The number of oxime groups is 1. The lowest BCUT2D eigenvalue weighted by Crippen LogP contribution is -2.00. The smallest absolute Gasteiger partial charge is 0.119 e. The van der Waals surface area contributed by atoms with E-state index in [1.54, 1.807) is 0 Å². The summed E-state index contributed by atoms with van der Waals surface area (Å²) >= 11 is 0. The van der Waals surface area contributed by atoms with E-state index >= 15 is 0 Å². The molecule has 104 valence electrons. The van der Waals surface area contributed by atoms with E-state index in [0.717, 1.165) is 11.3 Å². The van der Waals surface area contributed by atoms with Crippen molar-refractivity contribution in [3.05, 3.63) is 65.2 Å². The van der Waals surface area contributed by atoms with E-state index in [1.807, 2.05) is 43.3 Å². The lowest BCUT2D eigenvalue weighted by molar-refractivity contribution is 0.305. The van der Waals surface area contributed by atoms with Gasteiger partial charge in [-0.1, -0.05) is 36.3 Å². The van der Waals surface area contributed by atoms with Crippen LogP contribution in [0.1, 0.15) is 30.0 Å². The first-order valence-electron chi connectivity index (χ1n) is 6.73. The van der Waals surface area contributed by atoms with Gasteiger partial charge in [0.25, 0.3) is 0 Å². The van der Waals surface area contributed by atoms with Crippen LogP contribution in [-0.2, 0) is 6.61 Å². The van der Waals surface area contributed by atoms with Gasteiger partial charge in [0.15, 0.2) is 0 Å². The van der Waals surface area contributed by atoms with Crippen molar-refractivity contribution in [3.63, 3.8) is 0 Å². The average Bonchev–Trinajstić information content (AvgIpc) is 2.49. The van der Waals surface area contributed by atoms with E-state index in [4.69, 9.17) is 9.94 Å². The predicted molar refractivity (Wildman–Crippen MR) is 80.6 cm³/mol. The minimum Gasteiger partial charge on any atom is -0.489 e. The molecule has 0 aromatic heterocycles. The zero-order valence-corrected chi connectivity index (χ0v) is 11.8. The lowest BCUT2D eigenvalue weighted by Gasteiger charge is -2.09. The highest BCUT2D eigenvalue weighted by atomic mass is 16.5. The molecule has 0 aliphatic heterocycles. The van der Waals surface area contributed by atoms with Gasteiger partial charge in [0.2, 0.25) is 0 Å². The van der Waals surface area contributed by atoms with E-state index < -0.39 is 0 Å². The van der Waals surface area contributed by atoms with Crippen LogP contribution in [-0.4, -0.2) is 10.9 Å². The summed E-state index contributed by atoms with van der Waals surface area (Å²) in [7, 11) is 0. The van der Waals surface area contributed by atoms with Crippen LogP contribution in [0.5, 0.6) is 5.75 Å². The van der Waals surface area contributed by atoms with Gasteiger partial charge in [-0.3, -0.25) is 0 Å². The van der Waals surface area contributed by atoms with Crippen LogP contribution < -0.4 is 4.74 Å². The highest BCUT2D eigenvalue weighted by Gasteiger charge is 2.03. The van der Waals surface area contributed by atoms with Gasteiger partial charge < -0.3 is 9.94 Å². The van der Waals surface area contributed by atoms with Crippen LogP contribution in [0.4, 0.5) is 0 Å². The molecule has 0 atom stereocenters. The summed E-state index contributed by atoms with van der Waals surface area (Å²) in [4.78, 5) is 0. The molecule has 0 aliphatic rings. The first kappa shape index (κ1) is 14.1. The summed E-state index contributed by atoms with van der Waals surface area (Å²) in [5, 5.41) is 12.2. The molecular formula is C17H19NO2. The summed E-state index contributed by atoms with van der Waals surface area (Å²) < 4.78 is 5.77. The van der Waals surface area contributed by atoms with Crippen LogP contribution in [0.25, 0.3) is 0 Å². The fourth-order valence-corrected chi connectivity index (χ4v) is 2.01. The van der Waals surface area contributed by atoms with E-state index in [0.29, 0.717) is 18.7 Å². The van der Waals surface area contributed by atoms with E-state index in [2.05, 4.69) is 24.2 Å². The Hall–Kier alpha value is -2.29. The van der Waals surface area contributed by atoms with Crippen molar-refractivity contribution in [3.8, 4) is 5.75 Å². The molecule has 0 aliphatic carbocycles. The summed E-state index contributed by atoms with van der Waals surface area (Å²) in [5.74, 6) is 0.811. The molecule has 1 N–H and O–H groups in total. The number of nitrogens with zero attached hydrogens (tertiary/aromatic N) is 1. The van der Waals surface area contributed by atoms with E-state index in [-0.39, 0.29) is 0 Å². The zero-order valence-electron chi connectivity index (χ0n) is 11.8. The summed E-state index contributed by atoms with van der Waals surface area (Å²) in [6, 6.07) is 15.8. The molecular weight excluding hydrogens is 250 g/mol. The maximum atomic E-state index is 8.89. The second-order valence-electron chi connectivity index (χ2n) is 4.64.